The third kappa shape index (κ3) is 6.39. The average Bonchev–Trinajstić information content (AvgIpc) is 3.45. The van der Waals surface area contributed by atoms with Crippen molar-refractivity contribution in [1.82, 2.24) is 24.3 Å². The number of rotatable bonds is 7. The molecule has 1 N–H and O–H groups in total. The minimum atomic E-state index is -0.903. The van der Waals surface area contributed by atoms with Crippen LogP contribution >= 0.6 is 31.9 Å². The van der Waals surface area contributed by atoms with Crippen molar-refractivity contribution in [2.24, 2.45) is 11.8 Å². The maximum atomic E-state index is 14.1. The van der Waals surface area contributed by atoms with Crippen molar-refractivity contribution < 1.29 is 14.3 Å². The summed E-state index contributed by atoms with van der Waals surface area (Å²) in [4.78, 5) is 50.1. The van der Waals surface area contributed by atoms with Gasteiger partial charge in [0.15, 0.2) is 0 Å². The lowest BCUT2D eigenvalue weighted by atomic mass is 9.77. The molecule has 254 valence electrons. The highest BCUT2D eigenvalue weighted by Gasteiger charge is 2.51. The Balaban J connectivity index is 1.20. The largest absolute Gasteiger partial charge is 0.445 e. The van der Waals surface area contributed by atoms with E-state index >= 15 is 0 Å². The second kappa shape index (κ2) is 14.1. The number of ether oxygens (including phenoxy) is 1. The number of benzene rings is 3. The molecule has 4 heterocycles. The third-order valence-corrected chi connectivity index (χ3v) is 13.1. The third-order valence-electron chi connectivity index (χ3n) is 11.3. The van der Waals surface area contributed by atoms with Gasteiger partial charge in [-0.2, -0.15) is 0 Å². The van der Waals surface area contributed by atoms with Crippen molar-refractivity contribution >= 4 is 66.0 Å². The first-order valence-corrected chi connectivity index (χ1v) is 18.7. The quantitative estimate of drug-likeness (QED) is 0.198. The van der Waals surface area contributed by atoms with Gasteiger partial charge in [0.1, 0.15) is 18.6 Å². The van der Waals surface area contributed by atoms with E-state index in [1.54, 1.807) is 4.90 Å². The van der Waals surface area contributed by atoms with Crippen LogP contribution in [0.15, 0.2) is 68.3 Å². The number of aromatic amines is 1. The Kier molecular flexibility index (Phi) is 9.84. The molecular weight excluding hydrogens is 738 g/mol. The minimum absolute atomic E-state index is 0.120. The molecule has 48 heavy (non-hydrogen) atoms. The number of carbonyl (C=O) groups excluding carboxylic acids is 2. The van der Waals surface area contributed by atoms with Crippen LogP contribution in [0.5, 0.6) is 0 Å². The van der Waals surface area contributed by atoms with Crippen LogP contribution in [0, 0.1) is 11.8 Å². The number of imidazole rings is 1. The van der Waals surface area contributed by atoms with Gasteiger partial charge in [-0.25, -0.2) is 9.59 Å². The molecule has 3 fully saturated rings. The Labute approximate surface area is 297 Å². The first kappa shape index (κ1) is 33.5. The summed E-state index contributed by atoms with van der Waals surface area (Å²) in [5.41, 5.74) is 1.47. The van der Waals surface area contributed by atoms with Gasteiger partial charge in [-0.3, -0.25) is 14.4 Å². The highest BCUT2D eigenvalue weighted by atomic mass is 79.9. The molecule has 0 radical (unpaired) electrons. The first-order chi connectivity index (χ1) is 23.3. The molecule has 3 aliphatic rings. The molecular formula is C37H43Br2N5O4. The van der Waals surface area contributed by atoms with Gasteiger partial charge in [-0.1, -0.05) is 36.4 Å². The Bertz CT molecular complexity index is 1860. The number of aldehydes is 1. The molecule has 11 heteroatoms. The maximum Gasteiger partial charge on any atom is 0.411 e. The number of H-pyrrole nitrogens is 1. The van der Waals surface area contributed by atoms with E-state index in [4.69, 9.17) is 4.74 Å². The number of aromatic nitrogens is 2. The molecule has 0 unspecified atom stereocenters. The fourth-order valence-corrected chi connectivity index (χ4v) is 9.36. The van der Waals surface area contributed by atoms with Gasteiger partial charge in [0.05, 0.1) is 11.0 Å². The predicted molar refractivity (Wildman–Crippen MR) is 195 cm³/mol. The topological polar surface area (TPSA) is 90.9 Å². The van der Waals surface area contributed by atoms with E-state index in [2.05, 4.69) is 59.8 Å². The van der Waals surface area contributed by atoms with E-state index in [0.717, 1.165) is 87.5 Å². The van der Waals surface area contributed by atoms with E-state index in [1.807, 2.05) is 53.1 Å². The smallest absolute Gasteiger partial charge is 0.411 e. The van der Waals surface area contributed by atoms with Crippen LogP contribution in [0.1, 0.15) is 56.6 Å². The normalized spacial score (nSPS) is 23.6. The number of carbonyl (C=O) groups is 2. The summed E-state index contributed by atoms with van der Waals surface area (Å²) in [6.07, 6.45) is 6.24. The molecule has 2 atom stereocenters. The number of piperidine rings is 3. The fourth-order valence-electron chi connectivity index (χ4n) is 8.68. The maximum absolute atomic E-state index is 14.1. The SMILES string of the molecule is CN1CCC(C2CCN([C@]3(CC=O)C[C@H](n4c(=O)[nH]c5c6ccccc6ccc54)CCN3C(=O)OCc3ccc(Br)c(Br)c3)CC2)CC1. The van der Waals surface area contributed by atoms with Crippen molar-refractivity contribution in [3.63, 3.8) is 0 Å². The van der Waals surface area contributed by atoms with Crippen LogP contribution in [-0.2, 0) is 16.1 Å². The van der Waals surface area contributed by atoms with Gasteiger partial charge in [0, 0.05) is 52.8 Å². The lowest BCUT2D eigenvalue weighted by Gasteiger charge is -2.56. The summed E-state index contributed by atoms with van der Waals surface area (Å²) in [6.45, 7) is 4.39. The van der Waals surface area contributed by atoms with Crippen molar-refractivity contribution in [2.75, 3.05) is 39.8 Å². The predicted octanol–water partition coefficient (Wildman–Crippen LogP) is 7.32. The summed E-state index contributed by atoms with van der Waals surface area (Å²) >= 11 is 7.05. The molecule has 4 aromatic rings. The van der Waals surface area contributed by atoms with E-state index in [0.29, 0.717) is 25.3 Å². The summed E-state index contributed by atoms with van der Waals surface area (Å²) in [6, 6.07) is 17.7. The van der Waals surface area contributed by atoms with Crippen LogP contribution in [0.2, 0.25) is 0 Å². The molecule has 3 aliphatic heterocycles. The molecule has 7 rings (SSSR count). The molecule has 0 aliphatic carbocycles. The standard InChI is InChI=1S/C37H43Br2N5O4/c1-41-16-10-26(11-17-41)27-12-18-42(19-13-27)37(15-21-45)23-29(14-20-43(37)36(47)48-24-25-6-8-31(38)32(39)22-25)44-33-9-7-28-4-2-3-5-30(28)34(33)40-35(44)46/h2-9,21-22,26-27,29H,10-20,23-24H2,1H3,(H,40,46)/t29-,37+/m1/s1. The zero-order valence-electron chi connectivity index (χ0n) is 27.4. The number of amides is 1. The van der Waals surface area contributed by atoms with E-state index in [9.17, 15) is 14.4 Å². The van der Waals surface area contributed by atoms with Crippen molar-refractivity contribution in [2.45, 2.75) is 63.3 Å². The van der Waals surface area contributed by atoms with Crippen molar-refractivity contribution in [3.05, 3.63) is 79.6 Å². The van der Waals surface area contributed by atoms with Gasteiger partial charge >= 0.3 is 11.8 Å². The Hall–Kier alpha value is -2.99. The molecule has 3 aromatic carbocycles. The monoisotopic (exact) mass is 779 g/mol. The van der Waals surface area contributed by atoms with Crippen molar-refractivity contribution in [3.8, 4) is 0 Å². The molecule has 0 saturated carbocycles. The summed E-state index contributed by atoms with van der Waals surface area (Å²) in [5, 5.41) is 2.07. The molecule has 1 aromatic heterocycles. The molecule has 3 saturated heterocycles. The number of nitrogens with one attached hydrogen (secondary N) is 1. The fraction of sp³-hybridized carbons (Fsp3) is 0.486. The van der Waals surface area contributed by atoms with Gasteiger partial charge < -0.3 is 19.4 Å². The van der Waals surface area contributed by atoms with E-state index < -0.39 is 11.8 Å². The van der Waals surface area contributed by atoms with Gasteiger partial charge in [-0.05, 0) is 125 Å². The van der Waals surface area contributed by atoms with Crippen LogP contribution in [0.3, 0.4) is 0 Å². The van der Waals surface area contributed by atoms with Crippen LogP contribution in [0.25, 0.3) is 21.8 Å². The van der Waals surface area contributed by atoms with Crippen molar-refractivity contribution in [1.29, 1.82) is 0 Å². The van der Waals surface area contributed by atoms with Crippen LogP contribution in [-0.4, -0.2) is 82.1 Å². The molecule has 9 nitrogen and oxygen atoms in total. The van der Waals surface area contributed by atoms with E-state index in [1.165, 1.54) is 12.8 Å². The van der Waals surface area contributed by atoms with Crippen LogP contribution in [0.4, 0.5) is 4.79 Å². The Morgan fingerprint density at radius 3 is 2.40 bits per heavy atom. The lowest BCUT2D eigenvalue weighted by Crippen LogP contribution is -2.67. The molecule has 0 spiro atoms. The minimum Gasteiger partial charge on any atom is -0.445 e. The molecule has 1 amide bonds. The zero-order chi connectivity index (χ0) is 33.4. The highest BCUT2D eigenvalue weighted by molar-refractivity contribution is 9.13. The number of hydrogen-bond donors (Lipinski definition) is 1. The highest BCUT2D eigenvalue weighted by Crippen LogP contribution is 2.44. The number of hydrogen-bond acceptors (Lipinski definition) is 6. The van der Waals surface area contributed by atoms with Crippen LogP contribution < -0.4 is 5.69 Å². The number of likely N-dealkylation sites (tertiary alicyclic amines) is 3. The molecule has 0 bridgehead atoms. The second-order valence-electron chi connectivity index (χ2n) is 13.9. The summed E-state index contributed by atoms with van der Waals surface area (Å²) in [7, 11) is 2.20. The Morgan fingerprint density at radius 2 is 1.67 bits per heavy atom. The van der Waals surface area contributed by atoms with E-state index in [-0.39, 0.29) is 24.8 Å². The summed E-state index contributed by atoms with van der Waals surface area (Å²) < 4.78 is 9.66. The zero-order valence-corrected chi connectivity index (χ0v) is 30.5. The average molecular weight is 782 g/mol. The first-order valence-electron chi connectivity index (χ1n) is 17.1. The number of fused-ring (bicyclic) bond motifs is 3. The lowest BCUT2D eigenvalue weighted by molar-refractivity contribution is -0.127. The second-order valence-corrected chi connectivity index (χ2v) is 15.6. The summed E-state index contributed by atoms with van der Waals surface area (Å²) in [5.74, 6) is 1.36. The van der Waals surface area contributed by atoms with Gasteiger partial charge in [-0.15, -0.1) is 0 Å². The number of halogens is 2. The Morgan fingerprint density at radius 1 is 0.938 bits per heavy atom. The van der Waals surface area contributed by atoms with Gasteiger partial charge in [0.2, 0.25) is 0 Å². The van der Waals surface area contributed by atoms with Gasteiger partial charge in [0.25, 0.3) is 0 Å². The number of nitrogens with zero attached hydrogens (tertiary/aromatic N) is 4.